The lowest BCUT2D eigenvalue weighted by molar-refractivity contribution is -0.116. The molecule has 4 atom stereocenters. The summed E-state index contributed by atoms with van der Waals surface area (Å²) < 4.78 is 11.9. The maximum absolute atomic E-state index is 11.8. The van der Waals surface area contributed by atoms with Gasteiger partial charge >= 0.3 is 5.69 Å². The number of rotatable bonds is 4. The average Bonchev–Trinajstić information content (AvgIpc) is 2.71. The summed E-state index contributed by atoms with van der Waals surface area (Å²) in [5.74, 6) is -0.0809. The number of alkyl halides is 1. The van der Waals surface area contributed by atoms with Gasteiger partial charge in [0.15, 0.2) is 6.23 Å². The second-order valence-electron chi connectivity index (χ2n) is 4.55. The predicted molar refractivity (Wildman–Crippen MR) is 70.4 cm³/mol. The molecule has 1 aromatic rings. The van der Waals surface area contributed by atoms with Gasteiger partial charge in [0.1, 0.15) is 23.6 Å². The second-order valence-corrected chi connectivity index (χ2v) is 4.82. The van der Waals surface area contributed by atoms with Gasteiger partial charge in [0.25, 0.3) is 0 Å². The maximum Gasteiger partial charge on any atom is 0.351 e. The van der Waals surface area contributed by atoms with Crippen molar-refractivity contribution in [1.29, 1.82) is 0 Å². The predicted octanol–water partition coefficient (Wildman–Crippen LogP) is -1.30. The summed E-state index contributed by atoms with van der Waals surface area (Å²) in [6.07, 6.45) is -1.63. The average molecular weight is 306 g/mol. The summed E-state index contributed by atoms with van der Waals surface area (Å²) in [6, 6.07) is 1.42. The highest BCUT2D eigenvalue weighted by Gasteiger charge is 2.55. The van der Waals surface area contributed by atoms with E-state index in [1.807, 2.05) is 0 Å². The van der Waals surface area contributed by atoms with E-state index in [4.69, 9.17) is 26.8 Å². The molecule has 1 fully saturated rings. The Morgan fingerprint density at radius 3 is 2.90 bits per heavy atom. The first-order valence-corrected chi connectivity index (χ1v) is 6.42. The number of halogens is 1. The molecule has 4 N–H and O–H groups in total. The highest BCUT2D eigenvalue weighted by Crippen LogP contribution is 2.38. The molecule has 0 spiro atoms. The molecule has 0 radical (unpaired) electrons. The maximum atomic E-state index is 11.8. The number of anilines is 1. The molecule has 0 amide bonds. The zero-order chi connectivity index (χ0) is 14.9. The van der Waals surface area contributed by atoms with Crippen LogP contribution in [0, 0.1) is 0 Å². The van der Waals surface area contributed by atoms with E-state index in [0.29, 0.717) is 0 Å². The van der Waals surface area contributed by atoms with Crippen LogP contribution in [0.25, 0.3) is 0 Å². The van der Waals surface area contributed by atoms with Gasteiger partial charge in [0.05, 0.1) is 12.5 Å². The fourth-order valence-electron chi connectivity index (χ4n) is 2.20. The number of hydrogen-bond donors (Lipinski definition) is 3. The van der Waals surface area contributed by atoms with Gasteiger partial charge in [0.2, 0.25) is 0 Å². The first-order valence-electron chi connectivity index (χ1n) is 5.89. The van der Waals surface area contributed by atoms with Crippen LogP contribution in [-0.4, -0.2) is 57.2 Å². The zero-order valence-electron chi connectivity index (χ0n) is 10.8. The van der Waals surface area contributed by atoms with Crippen molar-refractivity contribution in [3.63, 3.8) is 0 Å². The van der Waals surface area contributed by atoms with Gasteiger partial charge in [0, 0.05) is 13.3 Å². The summed E-state index contributed by atoms with van der Waals surface area (Å²) in [5, 5.41) is 19.7. The van der Waals surface area contributed by atoms with Crippen molar-refractivity contribution < 1.29 is 19.7 Å². The second kappa shape index (κ2) is 5.66. The van der Waals surface area contributed by atoms with Gasteiger partial charge in [-0.05, 0) is 6.07 Å². The van der Waals surface area contributed by atoms with Gasteiger partial charge in [-0.1, -0.05) is 0 Å². The van der Waals surface area contributed by atoms with Gasteiger partial charge in [-0.25, -0.2) is 4.79 Å². The minimum absolute atomic E-state index is 0.0736. The van der Waals surface area contributed by atoms with E-state index in [0.717, 1.165) is 4.57 Å². The number of nitrogens with zero attached hydrogens (tertiary/aromatic N) is 2. The zero-order valence-corrected chi connectivity index (χ0v) is 11.5. The molecule has 20 heavy (non-hydrogen) atoms. The van der Waals surface area contributed by atoms with E-state index >= 15 is 0 Å². The van der Waals surface area contributed by atoms with E-state index in [1.165, 1.54) is 19.4 Å². The minimum atomic E-state index is -1.40. The van der Waals surface area contributed by atoms with Crippen molar-refractivity contribution in [2.24, 2.45) is 0 Å². The van der Waals surface area contributed by atoms with Crippen LogP contribution < -0.4 is 11.4 Å². The summed E-state index contributed by atoms with van der Waals surface area (Å²) >= 11 is 5.78. The SMILES string of the molecule is CO[C@@H]1[C@H](n2ccc(N)nc2=O)O[C@@](CO)(CCl)[C@H]1O. The summed E-state index contributed by atoms with van der Waals surface area (Å²) in [4.78, 5) is 15.4. The lowest BCUT2D eigenvalue weighted by Gasteiger charge is -2.27. The molecule has 8 nitrogen and oxygen atoms in total. The largest absolute Gasteiger partial charge is 0.393 e. The normalized spacial score (nSPS) is 33.5. The Bertz CT molecular complexity index is 533. The molecular formula is C11H16ClN3O5. The molecule has 1 aliphatic heterocycles. The molecule has 0 aliphatic carbocycles. The van der Waals surface area contributed by atoms with E-state index in [1.54, 1.807) is 0 Å². The van der Waals surface area contributed by atoms with Gasteiger partial charge in [-0.2, -0.15) is 4.98 Å². The van der Waals surface area contributed by atoms with Crippen molar-refractivity contribution in [3.05, 3.63) is 22.7 Å². The summed E-state index contributed by atoms with van der Waals surface area (Å²) in [5.41, 5.74) is 3.38. The first-order chi connectivity index (χ1) is 9.49. The number of aliphatic hydroxyl groups is 2. The fourth-order valence-corrected chi connectivity index (χ4v) is 2.50. The highest BCUT2D eigenvalue weighted by molar-refractivity contribution is 6.18. The van der Waals surface area contributed by atoms with Crippen molar-refractivity contribution in [2.75, 3.05) is 25.3 Å². The molecule has 112 valence electrons. The number of aliphatic hydroxyl groups excluding tert-OH is 2. The molecular weight excluding hydrogens is 290 g/mol. The molecule has 0 saturated carbocycles. The molecule has 1 aromatic heterocycles. The fraction of sp³-hybridized carbons (Fsp3) is 0.636. The Kier molecular flexibility index (Phi) is 4.31. The third-order valence-corrected chi connectivity index (χ3v) is 3.83. The van der Waals surface area contributed by atoms with Crippen LogP contribution in [0.5, 0.6) is 0 Å². The smallest absolute Gasteiger partial charge is 0.351 e. The molecule has 0 bridgehead atoms. The van der Waals surface area contributed by atoms with Crippen molar-refractivity contribution in [3.8, 4) is 0 Å². The molecule has 9 heteroatoms. The lowest BCUT2D eigenvalue weighted by Crippen LogP contribution is -2.48. The first kappa shape index (κ1) is 15.2. The van der Waals surface area contributed by atoms with E-state index in [9.17, 15) is 15.0 Å². The summed E-state index contributed by atoms with van der Waals surface area (Å²) in [7, 11) is 1.36. The quantitative estimate of drug-likeness (QED) is 0.591. The third kappa shape index (κ3) is 2.29. The number of aromatic nitrogens is 2. The number of nitrogens with two attached hydrogens (primary N) is 1. The molecule has 1 saturated heterocycles. The third-order valence-electron chi connectivity index (χ3n) is 3.38. The number of methoxy groups -OCH3 is 1. The monoisotopic (exact) mass is 305 g/mol. The standard InChI is InChI=1S/C11H16ClN3O5/c1-19-7-8(17)11(4-12,5-16)20-9(7)15-3-2-6(13)14-10(15)18/h2-3,7-9,16-17H,4-5H2,1H3,(H2,13,14,18)/t7-,8-,9+,11+/m0/s1. The van der Waals surface area contributed by atoms with Crippen LogP contribution >= 0.6 is 11.6 Å². The topological polar surface area (TPSA) is 120 Å². The molecule has 0 unspecified atom stereocenters. The molecule has 0 aromatic carbocycles. The Hall–Kier alpha value is -1.19. The Morgan fingerprint density at radius 1 is 1.70 bits per heavy atom. The van der Waals surface area contributed by atoms with E-state index < -0.39 is 36.3 Å². The lowest BCUT2D eigenvalue weighted by atomic mass is 9.98. The van der Waals surface area contributed by atoms with Gasteiger partial charge in [-0.15, -0.1) is 11.6 Å². The Morgan fingerprint density at radius 2 is 2.40 bits per heavy atom. The van der Waals surface area contributed by atoms with Crippen molar-refractivity contribution >= 4 is 17.4 Å². The Labute approximate surface area is 119 Å². The number of ether oxygens (including phenoxy) is 2. The van der Waals surface area contributed by atoms with Crippen LogP contribution in [0.2, 0.25) is 0 Å². The highest BCUT2D eigenvalue weighted by atomic mass is 35.5. The van der Waals surface area contributed by atoms with Crippen LogP contribution in [-0.2, 0) is 9.47 Å². The molecule has 1 aliphatic rings. The van der Waals surface area contributed by atoms with Gasteiger partial charge in [-0.3, -0.25) is 4.57 Å². The molecule has 2 rings (SSSR count). The number of hydrogen-bond acceptors (Lipinski definition) is 7. The van der Waals surface area contributed by atoms with Crippen molar-refractivity contribution in [2.45, 2.75) is 24.0 Å². The van der Waals surface area contributed by atoms with Crippen LogP contribution in [0.3, 0.4) is 0 Å². The molecule has 2 heterocycles. The Balaban J connectivity index is 2.43. The van der Waals surface area contributed by atoms with Crippen LogP contribution in [0.4, 0.5) is 5.82 Å². The van der Waals surface area contributed by atoms with E-state index in [2.05, 4.69) is 4.98 Å². The van der Waals surface area contributed by atoms with Crippen LogP contribution in [0.15, 0.2) is 17.1 Å². The number of nitrogen functional groups attached to an aromatic ring is 1. The minimum Gasteiger partial charge on any atom is -0.393 e. The van der Waals surface area contributed by atoms with E-state index in [-0.39, 0.29) is 11.7 Å². The van der Waals surface area contributed by atoms with Crippen LogP contribution in [0.1, 0.15) is 6.23 Å². The van der Waals surface area contributed by atoms with Gasteiger partial charge < -0.3 is 25.4 Å². The summed E-state index contributed by atoms with van der Waals surface area (Å²) in [6.45, 7) is -0.509. The van der Waals surface area contributed by atoms with Crippen molar-refractivity contribution in [1.82, 2.24) is 9.55 Å².